The van der Waals surface area contributed by atoms with Crippen molar-refractivity contribution in [2.45, 2.75) is 50.7 Å². The van der Waals surface area contributed by atoms with E-state index in [9.17, 15) is 4.79 Å². The number of hydrogen-bond acceptors (Lipinski definition) is 4. The molecule has 1 saturated carbocycles. The SMILES string of the molecule is Cl.O=C(c1ccc(OCC2CCCO2)cc1)N1CCC(NCC2CC2)CC1. The number of piperidine rings is 1. The Labute approximate surface area is 168 Å². The van der Waals surface area contributed by atoms with Crippen LogP contribution >= 0.6 is 12.4 Å². The Morgan fingerprint density at radius 1 is 1.11 bits per heavy atom. The fourth-order valence-electron chi connectivity index (χ4n) is 3.78. The summed E-state index contributed by atoms with van der Waals surface area (Å²) >= 11 is 0. The lowest BCUT2D eigenvalue weighted by molar-refractivity contribution is 0.0676. The minimum atomic E-state index is 0. The van der Waals surface area contributed by atoms with Gasteiger partial charge >= 0.3 is 0 Å². The lowest BCUT2D eigenvalue weighted by Crippen LogP contribution is -2.45. The molecule has 0 bridgehead atoms. The number of rotatable bonds is 7. The zero-order valence-corrected chi connectivity index (χ0v) is 16.7. The molecule has 150 valence electrons. The van der Waals surface area contributed by atoms with Crippen LogP contribution in [0.5, 0.6) is 5.75 Å². The van der Waals surface area contributed by atoms with E-state index in [4.69, 9.17) is 9.47 Å². The molecule has 1 aromatic rings. The summed E-state index contributed by atoms with van der Waals surface area (Å²) < 4.78 is 11.3. The number of ether oxygens (including phenoxy) is 2. The van der Waals surface area contributed by atoms with Gasteiger partial charge in [-0.3, -0.25) is 4.79 Å². The molecule has 27 heavy (non-hydrogen) atoms. The Kier molecular flexibility index (Phi) is 7.39. The van der Waals surface area contributed by atoms with Crippen LogP contribution in [0.15, 0.2) is 24.3 Å². The summed E-state index contributed by atoms with van der Waals surface area (Å²) in [6.45, 7) is 4.28. The van der Waals surface area contributed by atoms with E-state index >= 15 is 0 Å². The van der Waals surface area contributed by atoms with E-state index in [1.165, 1.54) is 12.8 Å². The predicted octanol–water partition coefficient (Wildman–Crippen LogP) is 3.27. The molecule has 0 spiro atoms. The topological polar surface area (TPSA) is 50.8 Å². The van der Waals surface area contributed by atoms with Crippen molar-refractivity contribution in [2.24, 2.45) is 5.92 Å². The van der Waals surface area contributed by atoms with Gasteiger partial charge in [-0.25, -0.2) is 0 Å². The lowest BCUT2D eigenvalue weighted by atomic mass is 10.0. The van der Waals surface area contributed by atoms with Crippen LogP contribution in [0, 0.1) is 5.92 Å². The first-order chi connectivity index (χ1) is 12.8. The van der Waals surface area contributed by atoms with Crippen LogP contribution in [0.3, 0.4) is 0 Å². The summed E-state index contributed by atoms with van der Waals surface area (Å²) in [5.74, 6) is 1.85. The fraction of sp³-hybridized carbons (Fsp3) is 0.667. The molecule has 1 N–H and O–H groups in total. The molecule has 4 rings (SSSR count). The Morgan fingerprint density at radius 3 is 2.48 bits per heavy atom. The monoisotopic (exact) mass is 394 g/mol. The summed E-state index contributed by atoms with van der Waals surface area (Å²) in [7, 11) is 0. The fourth-order valence-corrected chi connectivity index (χ4v) is 3.78. The molecule has 0 aromatic heterocycles. The van der Waals surface area contributed by atoms with Crippen LogP contribution < -0.4 is 10.1 Å². The highest BCUT2D eigenvalue weighted by Gasteiger charge is 2.26. The first-order valence-corrected chi connectivity index (χ1v) is 10.1. The van der Waals surface area contributed by atoms with Gasteiger partial charge in [0, 0.05) is 31.3 Å². The third-order valence-electron chi connectivity index (χ3n) is 5.74. The molecule has 2 aliphatic heterocycles. The van der Waals surface area contributed by atoms with Gasteiger partial charge in [0.05, 0.1) is 6.10 Å². The van der Waals surface area contributed by atoms with Crippen LogP contribution in [0.1, 0.15) is 48.9 Å². The highest BCUT2D eigenvalue weighted by molar-refractivity contribution is 5.94. The molecular formula is C21H31ClN2O3. The van der Waals surface area contributed by atoms with Crippen molar-refractivity contribution in [3.05, 3.63) is 29.8 Å². The number of hydrogen-bond donors (Lipinski definition) is 1. The van der Waals surface area contributed by atoms with Gasteiger partial charge in [0.25, 0.3) is 5.91 Å². The molecule has 2 heterocycles. The van der Waals surface area contributed by atoms with Gasteiger partial charge < -0.3 is 19.7 Å². The number of amides is 1. The van der Waals surface area contributed by atoms with Crippen molar-refractivity contribution in [1.29, 1.82) is 0 Å². The second-order valence-electron chi connectivity index (χ2n) is 7.89. The van der Waals surface area contributed by atoms with E-state index in [2.05, 4.69) is 5.32 Å². The van der Waals surface area contributed by atoms with Gasteiger partial charge in [-0.05, 0) is 75.3 Å². The van der Waals surface area contributed by atoms with Gasteiger partial charge in [0.15, 0.2) is 0 Å². The quantitative estimate of drug-likeness (QED) is 0.771. The molecule has 6 heteroatoms. The molecule has 3 aliphatic rings. The normalized spacial score (nSPS) is 23.1. The third-order valence-corrected chi connectivity index (χ3v) is 5.74. The maximum atomic E-state index is 12.7. The second-order valence-corrected chi connectivity index (χ2v) is 7.89. The number of nitrogens with one attached hydrogen (secondary N) is 1. The van der Waals surface area contributed by atoms with Crippen molar-refractivity contribution < 1.29 is 14.3 Å². The molecule has 2 saturated heterocycles. The minimum absolute atomic E-state index is 0. The Balaban J connectivity index is 0.00000210. The average molecular weight is 395 g/mol. The largest absolute Gasteiger partial charge is 0.491 e. The Bertz CT molecular complexity index is 592. The molecule has 0 radical (unpaired) electrons. The van der Waals surface area contributed by atoms with Gasteiger partial charge in [-0.2, -0.15) is 0 Å². The first kappa shape index (κ1) is 20.4. The summed E-state index contributed by atoms with van der Waals surface area (Å²) in [4.78, 5) is 14.7. The molecule has 1 aromatic carbocycles. The molecule has 1 atom stereocenters. The summed E-state index contributed by atoms with van der Waals surface area (Å²) in [6.07, 6.45) is 7.29. The first-order valence-electron chi connectivity index (χ1n) is 10.1. The van der Waals surface area contributed by atoms with Crippen molar-refractivity contribution in [1.82, 2.24) is 10.2 Å². The van der Waals surface area contributed by atoms with E-state index < -0.39 is 0 Å². The molecule has 5 nitrogen and oxygen atoms in total. The van der Waals surface area contributed by atoms with E-state index in [-0.39, 0.29) is 24.4 Å². The third kappa shape index (κ3) is 5.84. The number of benzene rings is 1. The van der Waals surface area contributed by atoms with Crippen molar-refractivity contribution in [2.75, 3.05) is 32.8 Å². The highest BCUT2D eigenvalue weighted by Crippen LogP contribution is 2.28. The zero-order chi connectivity index (χ0) is 17.8. The maximum absolute atomic E-state index is 12.7. The van der Waals surface area contributed by atoms with E-state index in [0.717, 1.165) is 69.2 Å². The number of carbonyl (C=O) groups excluding carboxylic acids is 1. The Hall–Kier alpha value is -1.30. The van der Waals surface area contributed by atoms with E-state index in [1.807, 2.05) is 29.2 Å². The molecule has 3 fully saturated rings. The van der Waals surface area contributed by atoms with Crippen molar-refractivity contribution in [3.63, 3.8) is 0 Å². The molecule has 1 unspecified atom stereocenters. The smallest absolute Gasteiger partial charge is 0.253 e. The second kappa shape index (κ2) is 9.76. The van der Waals surface area contributed by atoms with Crippen LogP contribution in [0.25, 0.3) is 0 Å². The summed E-state index contributed by atoms with van der Waals surface area (Å²) in [6, 6.07) is 8.13. The van der Waals surface area contributed by atoms with E-state index in [0.29, 0.717) is 12.6 Å². The molecule has 1 aliphatic carbocycles. The predicted molar refractivity (Wildman–Crippen MR) is 108 cm³/mol. The van der Waals surface area contributed by atoms with Crippen molar-refractivity contribution in [3.8, 4) is 5.75 Å². The van der Waals surface area contributed by atoms with E-state index in [1.54, 1.807) is 0 Å². The van der Waals surface area contributed by atoms with Gasteiger partial charge in [0.1, 0.15) is 12.4 Å². The number of likely N-dealkylation sites (tertiary alicyclic amines) is 1. The van der Waals surface area contributed by atoms with Crippen LogP contribution in [-0.2, 0) is 4.74 Å². The summed E-state index contributed by atoms with van der Waals surface area (Å²) in [5.41, 5.74) is 0.749. The number of halogens is 1. The molecule has 1 amide bonds. The highest BCUT2D eigenvalue weighted by atomic mass is 35.5. The maximum Gasteiger partial charge on any atom is 0.253 e. The zero-order valence-electron chi connectivity index (χ0n) is 15.9. The van der Waals surface area contributed by atoms with Crippen molar-refractivity contribution >= 4 is 18.3 Å². The number of nitrogens with zero attached hydrogens (tertiary/aromatic N) is 1. The Morgan fingerprint density at radius 2 is 1.85 bits per heavy atom. The average Bonchev–Trinajstić information content (AvgIpc) is 3.38. The summed E-state index contributed by atoms with van der Waals surface area (Å²) in [5, 5.41) is 3.66. The molecular weight excluding hydrogens is 364 g/mol. The standard InChI is InChI=1S/C21H30N2O3.ClH/c24-21(23-11-9-18(10-12-23)22-14-16-3-4-16)17-5-7-19(8-6-17)26-15-20-2-1-13-25-20;/h5-8,16,18,20,22H,1-4,9-15H2;1H. The number of carbonyl (C=O) groups is 1. The van der Waals surface area contributed by atoms with Gasteiger partial charge in [-0.1, -0.05) is 0 Å². The minimum Gasteiger partial charge on any atom is -0.491 e. The van der Waals surface area contributed by atoms with Crippen LogP contribution in [0.4, 0.5) is 0 Å². The van der Waals surface area contributed by atoms with Gasteiger partial charge in [0.2, 0.25) is 0 Å². The van der Waals surface area contributed by atoms with Gasteiger partial charge in [-0.15, -0.1) is 12.4 Å². The van der Waals surface area contributed by atoms with Crippen LogP contribution in [0.2, 0.25) is 0 Å². The lowest BCUT2D eigenvalue weighted by Gasteiger charge is -2.32. The van der Waals surface area contributed by atoms with Crippen LogP contribution in [-0.4, -0.2) is 55.8 Å².